The van der Waals surface area contributed by atoms with E-state index in [-0.39, 0.29) is 0 Å². The van der Waals surface area contributed by atoms with Crippen molar-refractivity contribution in [3.8, 4) is 22.9 Å². The number of ether oxygens (including phenoxy) is 1. The first kappa shape index (κ1) is 25.0. The van der Waals surface area contributed by atoms with Crippen LogP contribution in [0.1, 0.15) is 52.8 Å². The van der Waals surface area contributed by atoms with E-state index in [1.165, 1.54) is 6.34 Å². The zero-order valence-corrected chi connectivity index (χ0v) is 20.0. The molecule has 2 aromatic rings. The van der Waals surface area contributed by atoms with Gasteiger partial charge in [-0.25, -0.2) is 4.99 Å². The number of hydrogen-bond acceptors (Lipinski definition) is 5. The van der Waals surface area contributed by atoms with Gasteiger partial charge in [-0.05, 0) is 50.8 Å². The number of nitrogens with zero attached hydrogens (tertiary/aromatic N) is 4. The van der Waals surface area contributed by atoms with Gasteiger partial charge < -0.3 is 9.84 Å². The topological polar surface area (TPSA) is 90.9 Å². The van der Waals surface area contributed by atoms with Crippen LogP contribution in [0.4, 0.5) is 0 Å². The molecule has 1 atom stereocenters. The maximum Gasteiger partial charge on any atom is 0.134 e. The van der Waals surface area contributed by atoms with Crippen molar-refractivity contribution in [2.45, 2.75) is 52.6 Å². The van der Waals surface area contributed by atoms with Gasteiger partial charge in [-0.15, -0.1) is 0 Å². The third-order valence-corrected chi connectivity index (χ3v) is 5.72. The lowest BCUT2D eigenvalue weighted by atomic mass is 9.70. The van der Waals surface area contributed by atoms with Gasteiger partial charge >= 0.3 is 0 Å². The van der Waals surface area contributed by atoms with Gasteiger partial charge in [0.1, 0.15) is 17.7 Å². The van der Waals surface area contributed by atoms with E-state index < -0.39 is 16.4 Å². The number of rotatable bonds is 7. The predicted octanol–water partition coefficient (Wildman–Crippen LogP) is 5.42. The molecule has 6 nitrogen and oxygen atoms in total. The van der Waals surface area contributed by atoms with Crippen LogP contribution in [0.5, 0.6) is 5.75 Å². The molecule has 0 saturated heterocycles. The minimum absolute atomic E-state index is 0.519. The Balaban J connectivity index is 2.54. The normalized spacial score (nSPS) is 14.7. The van der Waals surface area contributed by atoms with Crippen molar-refractivity contribution in [1.82, 2.24) is 4.98 Å². The monoisotopic (exact) mass is 432 g/mol. The van der Waals surface area contributed by atoms with E-state index in [0.29, 0.717) is 17.0 Å². The van der Waals surface area contributed by atoms with Crippen molar-refractivity contribution in [2.75, 3.05) is 7.11 Å². The molecule has 0 spiro atoms. The average molecular weight is 433 g/mol. The summed E-state index contributed by atoms with van der Waals surface area (Å²) >= 11 is 0. The molecule has 168 valence electrons. The lowest BCUT2D eigenvalue weighted by Crippen LogP contribution is -2.42. The molecule has 0 aliphatic carbocycles. The molecule has 1 heterocycles. The van der Waals surface area contributed by atoms with Crippen LogP contribution in [0.3, 0.4) is 0 Å². The first-order chi connectivity index (χ1) is 14.9. The van der Waals surface area contributed by atoms with E-state index in [1.54, 1.807) is 19.5 Å². The summed E-state index contributed by atoms with van der Waals surface area (Å²) in [7, 11) is 1.61. The van der Waals surface area contributed by atoms with Crippen molar-refractivity contribution in [1.29, 1.82) is 5.26 Å². The molecule has 2 rings (SSSR count). The van der Waals surface area contributed by atoms with E-state index in [1.807, 2.05) is 71.9 Å². The second-order valence-corrected chi connectivity index (χ2v) is 9.30. The number of nitriles is 1. The summed E-state index contributed by atoms with van der Waals surface area (Å²) in [4.78, 5) is 12.3. The minimum Gasteiger partial charge on any atom is -0.496 e. The number of aromatic nitrogens is 1. The summed E-state index contributed by atoms with van der Waals surface area (Å²) in [5, 5.41) is 21.1. The highest BCUT2D eigenvalue weighted by atomic mass is 16.5. The van der Waals surface area contributed by atoms with Gasteiger partial charge in [-0.2, -0.15) is 5.26 Å². The van der Waals surface area contributed by atoms with Crippen molar-refractivity contribution >= 4 is 13.1 Å². The SMILES string of the molecule is C=NC=N/C=C(\C)C(O)(c1ccc(-c2ccc(C(C)(C)C#N)cc2OC)cn1)C(C)(C)C. The number of pyridine rings is 1. The fraction of sp³-hybridized carbons (Fsp3) is 0.385. The highest BCUT2D eigenvalue weighted by Crippen LogP contribution is 2.44. The lowest BCUT2D eigenvalue weighted by molar-refractivity contribution is -0.0334. The molecule has 0 amide bonds. The first-order valence-electron chi connectivity index (χ1n) is 10.4. The van der Waals surface area contributed by atoms with Crippen molar-refractivity contribution < 1.29 is 9.84 Å². The first-order valence-corrected chi connectivity index (χ1v) is 10.4. The van der Waals surface area contributed by atoms with Crippen LogP contribution in [-0.4, -0.2) is 30.3 Å². The predicted molar refractivity (Wildman–Crippen MR) is 130 cm³/mol. The average Bonchev–Trinajstić information content (AvgIpc) is 2.77. The van der Waals surface area contributed by atoms with E-state index in [4.69, 9.17) is 4.74 Å². The van der Waals surface area contributed by atoms with Crippen LogP contribution in [0.2, 0.25) is 0 Å². The van der Waals surface area contributed by atoms with Crippen LogP contribution >= 0.6 is 0 Å². The fourth-order valence-corrected chi connectivity index (χ4v) is 3.61. The Morgan fingerprint density at radius 2 is 1.88 bits per heavy atom. The summed E-state index contributed by atoms with van der Waals surface area (Å²) in [6.45, 7) is 14.8. The standard InChI is InChI=1S/C26H32N4O2/c1-18(14-29-17-28-7)26(31,24(2,3)4)23-12-9-19(15-30-23)21-11-10-20(13-22(21)32-8)25(5,6)16-27/h9-15,17,31H,7H2,1-6,8H3/b18-14+,29-17?. The van der Waals surface area contributed by atoms with Crippen molar-refractivity contribution in [3.63, 3.8) is 0 Å². The van der Waals surface area contributed by atoms with Crippen LogP contribution in [0, 0.1) is 16.7 Å². The van der Waals surface area contributed by atoms with Gasteiger partial charge in [-0.3, -0.25) is 9.98 Å². The van der Waals surface area contributed by atoms with Crippen LogP contribution < -0.4 is 4.74 Å². The second kappa shape index (κ2) is 9.46. The summed E-state index contributed by atoms with van der Waals surface area (Å²) in [6, 6.07) is 11.8. The van der Waals surface area contributed by atoms with Gasteiger partial charge in [0.15, 0.2) is 0 Å². The molecule has 1 N–H and O–H groups in total. The van der Waals surface area contributed by atoms with E-state index in [0.717, 1.165) is 16.7 Å². The van der Waals surface area contributed by atoms with Crippen LogP contribution in [0.15, 0.2) is 58.3 Å². The minimum atomic E-state index is -1.34. The second-order valence-electron chi connectivity index (χ2n) is 9.30. The van der Waals surface area contributed by atoms with Crippen molar-refractivity contribution in [2.24, 2.45) is 15.4 Å². The molecular formula is C26H32N4O2. The number of benzene rings is 1. The van der Waals surface area contributed by atoms with Gasteiger partial charge in [0.05, 0.1) is 24.3 Å². The molecule has 1 aromatic heterocycles. The Kier molecular flexibility index (Phi) is 7.38. The van der Waals surface area contributed by atoms with E-state index >= 15 is 0 Å². The zero-order valence-electron chi connectivity index (χ0n) is 20.0. The van der Waals surface area contributed by atoms with E-state index in [9.17, 15) is 10.4 Å². The quantitative estimate of drug-likeness (QED) is 0.467. The molecule has 0 radical (unpaired) electrons. The number of aliphatic hydroxyl groups is 1. The third kappa shape index (κ3) is 4.79. The largest absolute Gasteiger partial charge is 0.496 e. The highest BCUT2D eigenvalue weighted by molar-refractivity contribution is 5.71. The Labute approximate surface area is 191 Å². The summed E-state index contributed by atoms with van der Waals surface area (Å²) < 4.78 is 5.60. The Bertz CT molecular complexity index is 1070. The molecule has 0 aliphatic rings. The highest BCUT2D eigenvalue weighted by Gasteiger charge is 2.44. The molecule has 32 heavy (non-hydrogen) atoms. The molecule has 0 saturated carbocycles. The number of aliphatic imine (C=N–C) groups is 2. The molecular weight excluding hydrogens is 400 g/mol. The van der Waals surface area contributed by atoms with Crippen LogP contribution in [-0.2, 0) is 11.0 Å². The maximum atomic E-state index is 11.7. The molecule has 0 fully saturated rings. The van der Waals surface area contributed by atoms with Gasteiger partial charge in [0.2, 0.25) is 0 Å². The summed E-state index contributed by atoms with van der Waals surface area (Å²) in [6.07, 6.45) is 4.63. The number of methoxy groups -OCH3 is 1. The molecule has 1 unspecified atom stereocenters. The fourth-order valence-electron chi connectivity index (χ4n) is 3.61. The smallest absolute Gasteiger partial charge is 0.134 e. The van der Waals surface area contributed by atoms with Gasteiger partial charge in [-0.1, -0.05) is 39.0 Å². The molecule has 0 bridgehead atoms. The van der Waals surface area contributed by atoms with Crippen molar-refractivity contribution in [3.05, 3.63) is 59.6 Å². The third-order valence-electron chi connectivity index (χ3n) is 5.72. The maximum absolute atomic E-state index is 11.7. The zero-order chi connectivity index (χ0) is 24.2. The van der Waals surface area contributed by atoms with Gasteiger partial charge in [0.25, 0.3) is 0 Å². The number of hydrogen-bond donors (Lipinski definition) is 1. The van der Waals surface area contributed by atoms with Gasteiger partial charge in [0, 0.05) is 28.9 Å². The Hall–Kier alpha value is -3.30. The molecule has 0 aliphatic heterocycles. The molecule has 1 aromatic carbocycles. The van der Waals surface area contributed by atoms with E-state index in [2.05, 4.69) is 27.8 Å². The Morgan fingerprint density at radius 1 is 1.19 bits per heavy atom. The lowest BCUT2D eigenvalue weighted by Gasteiger charge is -2.40. The van der Waals surface area contributed by atoms with Crippen LogP contribution in [0.25, 0.3) is 11.1 Å². The summed E-state index contributed by atoms with van der Waals surface area (Å²) in [5.41, 5.74) is 1.25. The Morgan fingerprint density at radius 3 is 2.38 bits per heavy atom. The molecule has 6 heteroatoms. The summed E-state index contributed by atoms with van der Waals surface area (Å²) in [5.74, 6) is 0.661.